The summed E-state index contributed by atoms with van der Waals surface area (Å²) in [5, 5.41) is 12.0. The van der Waals surface area contributed by atoms with Crippen LogP contribution in [0.25, 0.3) is 0 Å². The zero-order valence-corrected chi connectivity index (χ0v) is 18.4. The molecule has 0 radical (unpaired) electrons. The minimum atomic E-state index is -0.644. The first-order valence-electron chi connectivity index (χ1n) is 11.1. The Morgan fingerprint density at radius 1 is 1.30 bits per heavy atom. The van der Waals surface area contributed by atoms with Gasteiger partial charge < -0.3 is 10.2 Å². The highest BCUT2D eigenvalue weighted by molar-refractivity contribution is 6.04. The Balaban J connectivity index is 1.77. The molecule has 6 nitrogen and oxygen atoms in total. The van der Waals surface area contributed by atoms with Crippen molar-refractivity contribution < 1.29 is 14.0 Å². The van der Waals surface area contributed by atoms with Crippen LogP contribution in [-0.2, 0) is 4.79 Å². The zero-order valence-electron chi connectivity index (χ0n) is 18.4. The fourth-order valence-corrected chi connectivity index (χ4v) is 4.61. The lowest BCUT2D eigenvalue weighted by molar-refractivity contribution is -0.119. The first-order valence-corrected chi connectivity index (χ1v) is 11.1. The van der Waals surface area contributed by atoms with E-state index in [1.54, 1.807) is 24.4 Å². The largest absolute Gasteiger partial charge is 0.334 e. The van der Waals surface area contributed by atoms with Gasteiger partial charge in [-0.15, -0.1) is 0 Å². The van der Waals surface area contributed by atoms with Crippen molar-refractivity contribution in [2.45, 2.75) is 38.1 Å². The molecule has 0 saturated carbocycles. The van der Waals surface area contributed by atoms with Crippen LogP contribution >= 0.6 is 0 Å². The van der Waals surface area contributed by atoms with Crippen LogP contribution in [0.15, 0.2) is 59.7 Å². The van der Waals surface area contributed by atoms with Crippen LogP contribution in [0.3, 0.4) is 0 Å². The van der Waals surface area contributed by atoms with Crippen molar-refractivity contribution in [3.8, 4) is 6.07 Å². The number of nitrogens with one attached hydrogen (secondary N) is 1. The van der Waals surface area contributed by atoms with Crippen LogP contribution in [0.4, 0.5) is 10.1 Å². The highest BCUT2D eigenvalue weighted by Crippen LogP contribution is 2.39. The molecule has 1 unspecified atom stereocenters. The molecule has 2 aliphatic heterocycles. The van der Waals surface area contributed by atoms with Gasteiger partial charge in [0.05, 0.1) is 17.5 Å². The fourth-order valence-electron chi connectivity index (χ4n) is 4.61. The quantitative estimate of drug-likeness (QED) is 0.704. The number of carbonyl (C=O) groups is 2. The summed E-state index contributed by atoms with van der Waals surface area (Å²) in [5.41, 5.74) is 1.38. The molecular formula is C26H25FN4O2. The average Bonchev–Trinajstić information content (AvgIpc) is 2.85. The van der Waals surface area contributed by atoms with Crippen LogP contribution in [0, 0.1) is 23.1 Å². The molecule has 2 aromatic rings. The number of hydrogen-bond donors (Lipinski definition) is 1. The Hall–Kier alpha value is -3.79. The number of benzene rings is 2. The molecule has 2 aliphatic rings. The molecule has 0 aromatic heterocycles. The maximum absolute atomic E-state index is 13.8. The van der Waals surface area contributed by atoms with Crippen LogP contribution in [-0.4, -0.2) is 35.5 Å². The molecule has 1 N–H and O–H groups in total. The standard InChI is InChI=1S/C26H25FN4O2/c1-2-3-13-31-24(17-7-6-12-29-16-17)23(20-8-4-5-9-21(20)26(31)33)25(32)30-19-10-11-22(27)18(14-19)15-28/h4-6,8-12,14,16-17,23-24H,2-3,7,13H2,1H3,(H,30,32)/t17?,23-,24+/m1/s1. The second-order valence-corrected chi connectivity index (χ2v) is 8.29. The van der Waals surface area contributed by atoms with Gasteiger partial charge in [-0.2, -0.15) is 5.26 Å². The Kier molecular flexibility index (Phi) is 6.64. The highest BCUT2D eigenvalue weighted by Gasteiger charge is 2.46. The lowest BCUT2D eigenvalue weighted by atomic mass is 9.75. The molecule has 7 heteroatoms. The third-order valence-corrected chi connectivity index (χ3v) is 6.19. The smallest absolute Gasteiger partial charge is 0.254 e. The van der Waals surface area contributed by atoms with Crippen LogP contribution in [0.2, 0.25) is 0 Å². The zero-order chi connectivity index (χ0) is 23.4. The van der Waals surface area contributed by atoms with E-state index in [1.165, 1.54) is 12.1 Å². The number of unbranched alkanes of at least 4 members (excludes halogenated alkanes) is 1. The Morgan fingerprint density at radius 3 is 2.85 bits per heavy atom. The Morgan fingerprint density at radius 2 is 2.12 bits per heavy atom. The summed E-state index contributed by atoms with van der Waals surface area (Å²) in [5.74, 6) is -1.79. The molecule has 4 rings (SSSR count). The van der Waals surface area contributed by atoms with Gasteiger partial charge in [0.1, 0.15) is 11.9 Å². The number of hydrogen-bond acceptors (Lipinski definition) is 4. The third kappa shape index (κ3) is 4.42. The molecule has 0 aliphatic carbocycles. The van der Waals surface area contributed by atoms with E-state index >= 15 is 0 Å². The molecule has 3 atom stereocenters. The predicted octanol–water partition coefficient (Wildman–Crippen LogP) is 4.65. The molecule has 2 amide bonds. The predicted molar refractivity (Wildman–Crippen MR) is 124 cm³/mol. The first kappa shape index (κ1) is 22.4. The van der Waals surface area contributed by atoms with Crippen molar-refractivity contribution in [3.63, 3.8) is 0 Å². The summed E-state index contributed by atoms with van der Waals surface area (Å²) < 4.78 is 13.8. The van der Waals surface area contributed by atoms with E-state index in [2.05, 4.69) is 17.2 Å². The lowest BCUT2D eigenvalue weighted by Gasteiger charge is -2.44. The van der Waals surface area contributed by atoms with E-state index in [4.69, 9.17) is 5.26 Å². The van der Waals surface area contributed by atoms with E-state index in [9.17, 15) is 14.0 Å². The van der Waals surface area contributed by atoms with Gasteiger partial charge in [-0.3, -0.25) is 14.6 Å². The summed E-state index contributed by atoms with van der Waals surface area (Å²) in [6.07, 6.45) is 7.90. The van der Waals surface area contributed by atoms with E-state index in [-0.39, 0.29) is 23.3 Å². The average molecular weight is 445 g/mol. The van der Waals surface area contributed by atoms with Crippen molar-refractivity contribution in [1.29, 1.82) is 5.26 Å². The van der Waals surface area contributed by atoms with Gasteiger partial charge >= 0.3 is 0 Å². The van der Waals surface area contributed by atoms with Crippen molar-refractivity contribution in [3.05, 3.63) is 77.2 Å². The van der Waals surface area contributed by atoms with Gasteiger partial charge in [0.25, 0.3) is 5.91 Å². The molecule has 0 spiro atoms. The second kappa shape index (κ2) is 9.78. The molecule has 168 valence electrons. The molecule has 33 heavy (non-hydrogen) atoms. The van der Waals surface area contributed by atoms with Crippen molar-refractivity contribution in [2.75, 3.05) is 11.9 Å². The summed E-state index contributed by atoms with van der Waals surface area (Å²) in [7, 11) is 0. The van der Waals surface area contributed by atoms with Gasteiger partial charge in [0.2, 0.25) is 5.91 Å². The van der Waals surface area contributed by atoms with Gasteiger partial charge in [-0.1, -0.05) is 37.6 Å². The molecule has 0 fully saturated rings. The Bertz CT molecular complexity index is 1170. The number of carbonyl (C=O) groups excluding carboxylic acids is 2. The minimum Gasteiger partial charge on any atom is -0.334 e. The molecule has 0 saturated heterocycles. The summed E-state index contributed by atoms with van der Waals surface area (Å²) in [4.78, 5) is 33.3. The molecule has 0 bridgehead atoms. The maximum atomic E-state index is 13.8. The van der Waals surface area contributed by atoms with Crippen LogP contribution < -0.4 is 5.32 Å². The number of rotatable bonds is 6. The number of nitrogens with zero attached hydrogens (tertiary/aromatic N) is 3. The summed E-state index contributed by atoms with van der Waals surface area (Å²) in [6.45, 7) is 2.61. The number of nitriles is 1. The van der Waals surface area contributed by atoms with E-state index in [0.717, 1.165) is 18.9 Å². The topological polar surface area (TPSA) is 85.6 Å². The van der Waals surface area contributed by atoms with E-state index in [1.807, 2.05) is 29.3 Å². The number of anilines is 1. The van der Waals surface area contributed by atoms with Gasteiger partial charge in [0.15, 0.2) is 0 Å². The van der Waals surface area contributed by atoms with Gasteiger partial charge in [-0.25, -0.2) is 4.39 Å². The van der Waals surface area contributed by atoms with Crippen molar-refractivity contribution >= 4 is 23.7 Å². The minimum absolute atomic E-state index is 0.0791. The Labute approximate surface area is 192 Å². The monoisotopic (exact) mass is 444 g/mol. The molecule has 2 aromatic carbocycles. The number of halogens is 1. The molecular weight excluding hydrogens is 419 g/mol. The van der Waals surface area contributed by atoms with E-state index < -0.39 is 17.8 Å². The normalized spacial score (nSPS) is 21.4. The van der Waals surface area contributed by atoms with Gasteiger partial charge in [-0.05, 0) is 42.7 Å². The maximum Gasteiger partial charge on any atom is 0.254 e. The summed E-state index contributed by atoms with van der Waals surface area (Å²) >= 11 is 0. The van der Waals surface area contributed by atoms with Crippen LogP contribution in [0.1, 0.15) is 53.6 Å². The number of amides is 2. The van der Waals surface area contributed by atoms with Crippen molar-refractivity contribution in [1.82, 2.24) is 4.90 Å². The van der Waals surface area contributed by atoms with Crippen LogP contribution in [0.5, 0.6) is 0 Å². The van der Waals surface area contributed by atoms with Gasteiger partial charge in [0, 0.05) is 36.1 Å². The third-order valence-electron chi connectivity index (χ3n) is 6.19. The van der Waals surface area contributed by atoms with Crippen molar-refractivity contribution in [2.24, 2.45) is 10.9 Å². The highest BCUT2D eigenvalue weighted by atomic mass is 19.1. The lowest BCUT2D eigenvalue weighted by Crippen LogP contribution is -2.55. The fraction of sp³-hybridized carbons (Fsp3) is 0.308. The number of aliphatic imine (C=N–C) groups is 1. The summed E-state index contributed by atoms with van der Waals surface area (Å²) in [6, 6.07) is 12.5. The number of allylic oxidation sites excluding steroid dienone is 1. The second-order valence-electron chi connectivity index (χ2n) is 8.29. The first-order chi connectivity index (χ1) is 16.0. The molecule has 2 heterocycles. The number of fused-ring (bicyclic) bond motifs is 1. The SMILES string of the molecule is CCCCN1C(=O)c2ccccc2[C@@H](C(=O)Nc2ccc(F)c(C#N)c2)[C@@H]1C1C=NC=CC1. The van der Waals surface area contributed by atoms with E-state index in [0.29, 0.717) is 29.8 Å².